The van der Waals surface area contributed by atoms with E-state index >= 15 is 0 Å². The predicted octanol–water partition coefficient (Wildman–Crippen LogP) is 1.13. The number of hydrogen-bond donors (Lipinski definition) is 2. The van der Waals surface area contributed by atoms with Crippen LogP contribution in [0.3, 0.4) is 0 Å². The van der Waals surface area contributed by atoms with Crippen LogP contribution >= 0.6 is 0 Å². The molecule has 0 aromatic carbocycles. The van der Waals surface area contributed by atoms with E-state index in [1.165, 1.54) is 0 Å². The first-order valence-electron chi connectivity index (χ1n) is 3.12. The molecule has 2 rings (SSSR count). The number of rotatable bonds is 0. The van der Waals surface area contributed by atoms with Gasteiger partial charge in [0.05, 0.1) is 0 Å². The van der Waals surface area contributed by atoms with Crippen molar-refractivity contribution >= 4 is 11.0 Å². The molecule has 2 aromatic rings. The van der Waals surface area contributed by atoms with Crippen molar-refractivity contribution < 1.29 is 5.48 Å². The SMILES string of the molecule is N.N.O.c1cnc2ncccc2c1. The number of hydrogen-bond acceptors (Lipinski definition) is 4. The van der Waals surface area contributed by atoms with Crippen molar-refractivity contribution in [3.8, 4) is 0 Å². The third-order valence-corrected chi connectivity index (χ3v) is 1.38. The quantitative estimate of drug-likeness (QED) is 0.632. The zero-order valence-corrected chi connectivity index (χ0v) is 7.27. The molecule has 0 aliphatic carbocycles. The lowest BCUT2D eigenvalue weighted by atomic mass is 10.3. The molecule has 0 atom stereocenters. The largest absolute Gasteiger partial charge is 0.412 e. The number of nitrogens with zero attached hydrogens (tertiary/aromatic N) is 2. The number of aromatic nitrogens is 2. The van der Waals surface area contributed by atoms with E-state index in [4.69, 9.17) is 0 Å². The first-order chi connectivity index (χ1) is 4.97. The van der Waals surface area contributed by atoms with Crippen LogP contribution in [0, 0.1) is 0 Å². The summed E-state index contributed by atoms with van der Waals surface area (Å²) in [5.41, 5.74) is 0.810. The maximum atomic E-state index is 4.07. The van der Waals surface area contributed by atoms with Crippen LogP contribution in [0.5, 0.6) is 0 Å². The summed E-state index contributed by atoms with van der Waals surface area (Å²) in [5.74, 6) is 0. The minimum Gasteiger partial charge on any atom is -0.412 e. The summed E-state index contributed by atoms with van der Waals surface area (Å²) in [6.07, 6.45) is 3.49. The summed E-state index contributed by atoms with van der Waals surface area (Å²) in [6.45, 7) is 0. The van der Waals surface area contributed by atoms with E-state index in [-0.39, 0.29) is 17.8 Å². The van der Waals surface area contributed by atoms with Gasteiger partial charge in [0, 0.05) is 17.8 Å². The lowest BCUT2D eigenvalue weighted by Gasteiger charge is -1.90. The summed E-state index contributed by atoms with van der Waals surface area (Å²) in [5, 5.41) is 1.09. The summed E-state index contributed by atoms with van der Waals surface area (Å²) in [7, 11) is 0. The Balaban J connectivity index is 0. The lowest BCUT2D eigenvalue weighted by Crippen LogP contribution is -1.78. The minimum absolute atomic E-state index is 0. The molecule has 72 valence electrons. The van der Waals surface area contributed by atoms with Crippen molar-refractivity contribution in [3.05, 3.63) is 36.7 Å². The van der Waals surface area contributed by atoms with Gasteiger partial charge in [-0.25, -0.2) is 9.97 Å². The molecule has 8 N–H and O–H groups in total. The second-order valence-electron chi connectivity index (χ2n) is 2.05. The van der Waals surface area contributed by atoms with Crippen molar-refractivity contribution in [2.75, 3.05) is 0 Å². The maximum Gasteiger partial charge on any atom is 0.159 e. The first kappa shape index (κ1) is 14.0. The highest BCUT2D eigenvalue weighted by atomic mass is 16.0. The van der Waals surface area contributed by atoms with E-state index in [1.807, 2.05) is 24.3 Å². The van der Waals surface area contributed by atoms with Gasteiger partial charge in [-0.3, -0.25) is 0 Å². The third kappa shape index (κ3) is 2.75. The monoisotopic (exact) mass is 182 g/mol. The Hall–Kier alpha value is -1.56. The van der Waals surface area contributed by atoms with Crippen molar-refractivity contribution in [1.82, 2.24) is 22.3 Å². The molecule has 2 aromatic heterocycles. The Morgan fingerprint density at radius 3 is 1.69 bits per heavy atom. The Kier molecular flexibility index (Phi) is 6.47. The average molecular weight is 182 g/mol. The Morgan fingerprint density at radius 2 is 1.31 bits per heavy atom. The summed E-state index contributed by atoms with van der Waals surface area (Å²) >= 11 is 0. The molecular weight excluding hydrogens is 168 g/mol. The molecular formula is C8H14N4O. The fraction of sp³-hybridized carbons (Fsp3) is 0. The highest BCUT2D eigenvalue weighted by Gasteiger charge is 1.88. The van der Waals surface area contributed by atoms with Gasteiger partial charge in [-0.15, -0.1) is 0 Å². The van der Waals surface area contributed by atoms with Crippen LogP contribution in [0.15, 0.2) is 36.7 Å². The Morgan fingerprint density at radius 1 is 0.846 bits per heavy atom. The van der Waals surface area contributed by atoms with Gasteiger partial charge < -0.3 is 17.8 Å². The molecule has 0 amide bonds. The molecule has 0 unspecified atom stereocenters. The predicted molar refractivity (Wildman–Crippen MR) is 53.2 cm³/mol. The van der Waals surface area contributed by atoms with Crippen LogP contribution in [0.1, 0.15) is 0 Å². The standard InChI is InChI=1S/C8H6N2.2H3N.H2O/c1-3-7-4-2-6-10-8(7)9-5-1;;;/h1-6H;2*1H3;1H2. The summed E-state index contributed by atoms with van der Waals surface area (Å²) in [6, 6.07) is 7.80. The molecule has 13 heavy (non-hydrogen) atoms. The topological polar surface area (TPSA) is 127 Å². The minimum atomic E-state index is 0. The molecule has 0 aliphatic rings. The lowest BCUT2D eigenvalue weighted by molar-refractivity contribution is 0.824. The van der Waals surface area contributed by atoms with Gasteiger partial charge in [-0.1, -0.05) is 0 Å². The van der Waals surface area contributed by atoms with Gasteiger partial charge in [0.2, 0.25) is 0 Å². The van der Waals surface area contributed by atoms with Crippen LogP contribution in [0.4, 0.5) is 0 Å². The summed E-state index contributed by atoms with van der Waals surface area (Å²) < 4.78 is 0. The first-order valence-corrected chi connectivity index (χ1v) is 3.12. The van der Waals surface area contributed by atoms with Gasteiger partial charge >= 0.3 is 0 Å². The second kappa shape index (κ2) is 6.01. The molecule has 0 spiro atoms. The van der Waals surface area contributed by atoms with Gasteiger partial charge in [0.25, 0.3) is 0 Å². The van der Waals surface area contributed by atoms with Crippen molar-refractivity contribution in [2.24, 2.45) is 0 Å². The molecule has 0 radical (unpaired) electrons. The normalized spacial score (nSPS) is 7.69. The van der Waals surface area contributed by atoms with Crippen LogP contribution < -0.4 is 12.3 Å². The van der Waals surface area contributed by atoms with Crippen LogP contribution in [-0.2, 0) is 0 Å². The van der Waals surface area contributed by atoms with Gasteiger partial charge in [0.1, 0.15) is 0 Å². The van der Waals surface area contributed by atoms with Gasteiger partial charge in [-0.2, -0.15) is 0 Å². The second-order valence-corrected chi connectivity index (χ2v) is 2.05. The molecule has 0 saturated heterocycles. The van der Waals surface area contributed by atoms with E-state index < -0.39 is 0 Å². The Bertz CT molecular complexity index is 287. The highest BCUT2D eigenvalue weighted by molar-refractivity contribution is 5.73. The zero-order valence-electron chi connectivity index (χ0n) is 7.27. The average Bonchev–Trinajstić information content (AvgIpc) is 2.05. The fourth-order valence-electron chi connectivity index (χ4n) is 0.908. The van der Waals surface area contributed by atoms with E-state index in [2.05, 4.69) is 9.97 Å². The van der Waals surface area contributed by atoms with Crippen LogP contribution in [0.25, 0.3) is 11.0 Å². The molecule has 0 saturated carbocycles. The third-order valence-electron chi connectivity index (χ3n) is 1.38. The summed E-state index contributed by atoms with van der Waals surface area (Å²) in [4.78, 5) is 8.14. The molecule has 5 nitrogen and oxygen atoms in total. The van der Waals surface area contributed by atoms with Crippen molar-refractivity contribution in [2.45, 2.75) is 0 Å². The van der Waals surface area contributed by atoms with Crippen molar-refractivity contribution in [1.29, 1.82) is 0 Å². The van der Waals surface area contributed by atoms with Crippen LogP contribution in [-0.4, -0.2) is 15.4 Å². The van der Waals surface area contributed by atoms with E-state index in [0.717, 1.165) is 11.0 Å². The van der Waals surface area contributed by atoms with Crippen molar-refractivity contribution in [3.63, 3.8) is 0 Å². The molecule has 2 heterocycles. The van der Waals surface area contributed by atoms with E-state index in [0.29, 0.717) is 0 Å². The maximum absolute atomic E-state index is 4.07. The van der Waals surface area contributed by atoms with Gasteiger partial charge in [-0.05, 0) is 24.3 Å². The molecule has 5 heteroatoms. The molecule has 0 fully saturated rings. The molecule has 0 bridgehead atoms. The highest BCUT2D eigenvalue weighted by Crippen LogP contribution is 2.04. The van der Waals surface area contributed by atoms with Crippen LogP contribution in [0.2, 0.25) is 0 Å². The van der Waals surface area contributed by atoms with E-state index in [9.17, 15) is 0 Å². The fourth-order valence-corrected chi connectivity index (χ4v) is 0.908. The number of pyridine rings is 2. The number of fused-ring (bicyclic) bond motifs is 1. The zero-order chi connectivity index (χ0) is 6.81. The molecule has 0 aliphatic heterocycles. The Labute approximate surface area is 76.3 Å². The van der Waals surface area contributed by atoms with Gasteiger partial charge in [0.15, 0.2) is 5.65 Å². The van der Waals surface area contributed by atoms with E-state index in [1.54, 1.807) is 12.4 Å². The smallest absolute Gasteiger partial charge is 0.159 e.